The predicted octanol–water partition coefficient (Wildman–Crippen LogP) is 3.12. The SMILES string of the molecule is O=C(N[C@H]1CCCC[C@@H]1O)c1cc(Cc2ccnc(Br)c2)c2cccnn12. The number of aliphatic hydroxyl groups excluding tert-OH is 1. The maximum absolute atomic E-state index is 12.9. The second-order valence-corrected chi connectivity index (χ2v) is 7.78. The molecule has 3 aromatic rings. The van der Waals surface area contributed by atoms with Gasteiger partial charge in [-0.25, -0.2) is 9.50 Å². The molecule has 2 atom stereocenters. The molecule has 0 aromatic carbocycles. The van der Waals surface area contributed by atoms with Crippen molar-refractivity contribution < 1.29 is 9.90 Å². The van der Waals surface area contributed by atoms with Crippen molar-refractivity contribution in [3.63, 3.8) is 0 Å². The fourth-order valence-electron chi connectivity index (χ4n) is 3.71. The zero-order valence-corrected chi connectivity index (χ0v) is 16.4. The fraction of sp³-hybridized carbons (Fsp3) is 0.350. The van der Waals surface area contributed by atoms with Crippen LogP contribution in [0, 0.1) is 0 Å². The minimum atomic E-state index is -0.476. The Morgan fingerprint density at radius 2 is 2.11 bits per heavy atom. The van der Waals surface area contributed by atoms with Crippen LogP contribution in [0.2, 0.25) is 0 Å². The molecule has 7 heteroatoms. The lowest BCUT2D eigenvalue weighted by Gasteiger charge is -2.28. The van der Waals surface area contributed by atoms with Crippen molar-refractivity contribution in [2.45, 2.75) is 44.2 Å². The van der Waals surface area contributed by atoms with Gasteiger partial charge in [0.15, 0.2) is 0 Å². The molecule has 2 N–H and O–H groups in total. The number of hydrogen-bond donors (Lipinski definition) is 2. The molecule has 3 heterocycles. The van der Waals surface area contributed by atoms with Gasteiger partial charge in [-0.15, -0.1) is 0 Å². The zero-order valence-electron chi connectivity index (χ0n) is 14.8. The van der Waals surface area contributed by atoms with Gasteiger partial charge in [-0.3, -0.25) is 4.79 Å². The maximum atomic E-state index is 12.9. The number of halogens is 1. The van der Waals surface area contributed by atoms with Gasteiger partial charge in [-0.2, -0.15) is 5.10 Å². The van der Waals surface area contributed by atoms with Crippen LogP contribution in [0.3, 0.4) is 0 Å². The van der Waals surface area contributed by atoms with E-state index < -0.39 is 6.10 Å². The summed E-state index contributed by atoms with van der Waals surface area (Å²) in [7, 11) is 0. The Kier molecular flexibility index (Phi) is 5.22. The number of pyridine rings is 1. The van der Waals surface area contributed by atoms with Crippen LogP contribution in [0.1, 0.15) is 47.3 Å². The Morgan fingerprint density at radius 3 is 2.93 bits per heavy atom. The van der Waals surface area contributed by atoms with Gasteiger partial charge in [0, 0.05) is 12.4 Å². The van der Waals surface area contributed by atoms with E-state index in [4.69, 9.17) is 0 Å². The number of carbonyl (C=O) groups excluding carboxylic acids is 1. The smallest absolute Gasteiger partial charge is 0.270 e. The minimum Gasteiger partial charge on any atom is -0.391 e. The van der Waals surface area contributed by atoms with Crippen LogP contribution in [0.4, 0.5) is 0 Å². The van der Waals surface area contributed by atoms with Crippen LogP contribution in [0.15, 0.2) is 47.3 Å². The van der Waals surface area contributed by atoms with E-state index in [1.165, 1.54) is 0 Å². The molecular formula is C20H21BrN4O2. The summed E-state index contributed by atoms with van der Waals surface area (Å²) in [5.41, 5.74) is 3.52. The molecule has 1 saturated carbocycles. The fourth-order valence-corrected chi connectivity index (χ4v) is 4.12. The molecule has 0 radical (unpaired) electrons. The van der Waals surface area contributed by atoms with Crippen molar-refractivity contribution in [3.05, 3.63) is 64.1 Å². The molecule has 0 bridgehead atoms. The maximum Gasteiger partial charge on any atom is 0.270 e. The number of nitrogens with zero attached hydrogens (tertiary/aromatic N) is 3. The standard InChI is InChI=1S/C20H21BrN4O2/c21-19-11-13(7-9-22-19)10-14-12-17(25-16(14)5-3-8-23-25)20(27)24-15-4-1-2-6-18(15)26/h3,5,7-9,11-12,15,18,26H,1-2,4,6,10H2,(H,24,27)/t15-,18-/m0/s1. The van der Waals surface area contributed by atoms with Gasteiger partial charge < -0.3 is 10.4 Å². The van der Waals surface area contributed by atoms with Gasteiger partial charge in [0.1, 0.15) is 10.3 Å². The van der Waals surface area contributed by atoms with E-state index in [0.717, 1.165) is 46.9 Å². The van der Waals surface area contributed by atoms with Crippen molar-refractivity contribution in [1.29, 1.82) is 0 Å². The zero-order chi connectivity index (χ0) is 18.8. The van der Waals surface area contributed by atoms with Crippen molar-refractivity contribution in [3.8, 4) is 0 Å². The van der Waals surface area contributed by atoms with Crippen molar-refractivity contribution >= 4 is 27.4 Å². The second kappa shape index (κ2) is 7.78. The summed E-state index contributed by atoms with van der Waals surface area (Å²) in [5, 5.41) is 17.5. The Balaban J connectivity index is 1.64. The molecule has 1 fully saturated rings. The normalized spacial score (nSPS) is 19.9. The Hall–Kier alpha value is -2.25. The molecule has 6 nitrogen and oxygen atoms in total. The first-order chi connectivity index (χ1) is 13.1. The number of carbonyl (C=O) groups is 1. The minimum absolute atomic E-state index is 0.194. The highest BCUT2D eigenvalue weighted by atomic mass is 79.9. The van der Waals surface area contributed by atoms with Crippen LogP contribution in [-0.2, 0) is 6.42 Å². The number of amides is 1. The first-order valence-electron chi connectivity index (χ1n) is 9.17. The van der Waals surface area contributed by atoms with Gasteiger partial charge in [0.25, 0.3) is 5.91 Å². The number of rotatable bonds is 4. The van der Waals surface area contributed by atoms with Crippen LogP contribution in [0.5, 0.6) is 0 Å². The van der Waals surface area contributed by atoms with E-state index in [2.05, 4.69) is 31.3 Å². The Labute approximate surface area is 165 Å². The summed E-state index contributed by atoms with van der Waals surface area (Å²) in [4.78, 5) is 17.1. The van der Waals surface area contributed by atoms with Gasteiger partial charge in [0.2, 0.25) is 0 Å². The Bertz CT molecular complexity index is 972. The number of fused-ring (bicyclic) bond motifs is 1. The third-order valence-corrected chi connectivity index (χ3v) is 5.52. The van der Waals surface area contributed by atoms with Crippen molar-refractivity contribution in [1.82, 2.24) is 19.9 Å². The molecule has 0 spiro atoms. The summed E-state index contributed by atoms with van der Waals surface area (Å²) < 4.78 is 2.46. The summed E-state index contributed by atoms with van der Waals surface area (Å²) in [6.07, 6.45) is 7.21. The summed E-state index contributed by atoms with van der Waals surface area (Å²) in [6.45, 7) is 0. The lowest BCUT2D eigenvalue weighted by molar-refractivity contribution is 0.0712. The topological polar surface area (TPSA) is 79.5 Å². The average molecular weight is 429 g/mol. The number of aromatic nitrogens is 3. The first-order valence-corrected chi connectivity index (χ1v) is 9.96. The largest absolute Gasteiger partial charge is 0.391 e. The highest BCUT2D eigenvalue weighted by Gasteiger charge is 2.26. The molecule has 0 saturated heterocycles. The molecule has 0 unspecified atom stereocenters. The molecule has 1 aliphatic rings. The number of aliphatic hydroxyl groups is 1. The molecule has 1 aliphatic carbocycles. The highest BCUT2D eigenvalue weighted by molar-refractivity contribution is 9.10. The molecular weight excluding hydrogens is 408 g/mol. The third kappa shape index (κ3) is 3.89. The van der Waals surface area contributed by atoms with Crippen LogP contribution >= 0.6 is 15.9 Å². The molecule has 3 aromatic heterocycles. The summed E-state index contributed by atoms with van der Waals surface area (Å²) in [5.74, 6) is -0.197. The molecule has 1 amide bonds. The second-order valence-electron chi connectivity index (χ2n) is 6.97. The van der Waals surface area contributed by atoms with Gasteiger partial charge in [-0.05, 0) is 76.7 Å². The van der Waals surface area contributed by atoms with Gasteiger partial charge >= 0.3 is 0 Å². The van der Waals surface area contributed by atoms with Crippen molar-refractivity contribution in [2.75, 3.05) is 0 Å². The van der Waals surface area contributed by atoms with Crippen LogP contribution in [0.25, 0.3) is 5.52 Å². The predicted molar refractivity (Wildman–Crippen MR) is 106 cm³/mol. The molecule has 0 aliphatic heterocycles. The highest BCUT2D eigenvalue weighted by Crippen LogP contribution is 2.22. The number of hydrogen-bond acceptors (Lipinski definition) is 4. The van der Waals surface area contributed by atoms with E-state index in [9.17, 15) is 9.90 Å². The lowest BCUT2D eigenvalue weighted by Crippen LogP contribution is -2.45. The van der Waals surface area contributed by atoms with E-state index in [1.54, 1.807) is 16.9 Å². The van der Waals surface area contributed by atoms with E-state index in [1.807, 2.05) is 30.3 Å². The van der Waals surface area contributed by atoms with Crippen LogP contribution in [-0.4, -0.2) is 37.8 Å². The summed E-state index contributed by atoms with van der Waals surface area (Å²) >= 11 is 3.40. The molecule has 4 rings (SSSR count). The quantitative estimate of drug-likeness (QED) is 0.625. The van der Waals surface area contributed by atoms with E-state index in [-0.39, 0.29) is 11.9 Å². The summed E-state index contributed by atoms with van der Waals surface area (Å²) in [6, 6.07) is 9.46. The Morgan fingerprint density at radius 1 is 1.26 bits per heavy atom. The van der Waals surface area contributed by atoms with Crippen LogP contribution < -0.4 is 5.32 Å². The number of nitrogens with one attached hydrogen (secondary N) is 1. The molecule has 140 valence electrons. The van der Waals surface area contributed by atoms with E-state index in [0.29, 0.717) is 12.1 Å². The lowest BCUT2D eigenvalue weighted by atomic mass is 9.92. The van der Waals surface area contributed by atoms with E-state index >= 15 is 0 Å². The van der Waals surface area contributed by atoms with Gasteiger partial charge in [-0.1, -0.05) is 12.8 Å². The first kappa shape index (κ1) is 18.1. The monoisotopic (exact) mass is 428 g/mol. The average Bonchev–Trinajstić information content (AvgIpc) is 3.02. The van der Waals surface area contributed by atoms with Gasteiger partial charge in [0.05, 0.1) is 17.7 Å². The molecule has 27 heavy (non-hydrogen) atoms. The third-order valence-electron chi connectivity index (χ3n) is 5.08. The van der Waals surface area contributed by atoms with Crippen molar-refractivity contribution in [2.24, 2.45) is 0 Å².